The highest BCUT2D eigenvalue weighted by molar-refractivity contribution is 5.88. The lowest BCUT2D eigenvalue weighted by Crippen LogP contribution is -2.01. The van der Waals surface area contributed by atoms with Gasteiger partial charge in [0.15, 0.2) is 0 Å². The van der Waals surface area contributed by atoms with Crippen molar-refractivity contribution in [3.63, 3.8) is 0 Å². The summed E-state index contributed by atoms with van der Waals surface area (Å²) in [5.74, 6) is -0.735. The van der Waals surface area contributed by atoms with Crippen LogP contribution in [0.5, 0.6) is 11.5 Å². The first-order valence-corrected chi connectivity index (χ1v) is 9.48. The monoisotopic (exact) mass is 386 g/mol. The Bertz CT molecular complexity index is 706. The molecule has 0 aliphatic carbocycles. The third-order valence-corrected chi connectivity index (χ3v) is 4.24. The van der Waals surface area contributed by atoms with E-state index in [9.17, 15) is 9.59 Å². The van der Waals surface area contributed by atoms with Gasteiger partial charge in [0.05, 0.1) is 24.3 Å². The van der Waals surface area contributed by atoms with Crippen LogP contribution in [0.15, 0.2) is 48.5 Å². The summed E-state index contributed by atoms with van der Waals surface area (Å²) in [5, 5.41) is 17.9. The van der Waals surface area contributed by atoms with E-state index >= 15 is 0 Å². The summed E-state index contributed by atoms with van der Waals surface area (Å²) in [7, 11) is 0. The van der Waals surface area contributed by atoms with E-state index in [1.54, 1.807) is 36.4 Å². The van der Waals surface area contributed by atoms with Gasteiger partial charge in [0.25, 0.3) is 0 Å². The molecule has 0 aliphatic heterocycles. The molecule has 2 N–H and O–H groups in total. The quantitative estimate of drug-likeness (QED) is 0.477. The molecule has 0 amide bonds. The highest BCUT2D eigenvalue weighted by Gasteiger charge is 2.04. The molecule has 0 heterocycles. The largest absolute Gasteiger partial charge is 0.494 e. The van der Waals surface area contributed by atoms with Crippen LogP contribution < -0.4 is 9.47 Å². The number of ether oxygens (including phenoxy) is 2. The van der Waals surface area contributed by atoms with Crippen LogP contribution in [0, 0.1) is 0 Å². The van der Waals surface area contributed by atoms with Crippen LogP contribution in [0.4, 0.5) is 0 Å². The van der Waals surface area contributed by atoms with Crippen LogP contribution >= 0.6 is 0 Å². The second kappa shape index (κ2) is 11.6. The maximum absolute atomic E-state index is 10.9. The average Bonchev–Trinajstić information content (AvgIpc) is 2.69. The highest BCUT2D eigenvalue weighted by Crippen LogP contribution is 2.16. The Kier molecular flexibility index (Phi) is 8.85. The molecule has 0 spiro atoms. The van der Waals surface area contributed by atoms with Crippen molar-refractivity contribution >= 4 is 11.9 Å². The van der Waals surface area contributed by atoms with Gasteiger partial charge in [-0.1, -0.05) is 37.8 Å². The van der Waals surface area contributed by atoms with Crippen molar-refractivity contribution in [2.75, 3.05) is 13.2 Å². The molecular weight excluding hydrogens is 360 g/mol. The van der Waals surface area contributed by atoms with Crippen LogP contribution in [-0.4, -0.2) is 35.4 Å². The van der Waals surface area contributed by atoms with E-state index in [-0.39, 0.29) is 11.1 Å². The summed E-state index contributed by atoms with van der Waals surface area (Å²) in [6.45, 7) is 1.15. The number of carboxylic acid groups (broad SMARTS) is 2. The minimum Gasteiger partial charge on any atom is -0.494 e. The maximum atomic E-state index is 10.9. The molecular formula is C22H26O6. The van der Waals surface area contributed by atoms with Crippen LogP contribution in [0.3, 0.4) is 0 Å². The Balaban J connectivity index is 1.49. The number of hydrogen-bond acceptors (Lipinski definition) is 4. The Morgan fingerprint density at radius 1 is 0.643 bits per heavy atom. The summed E-state index contributed by atoms with van der Waals surface area (Å²) in [6.07, 6.45) is 6.17. The number of rotatable bonds is 13. The van der Waals surface area contributed by atoms with Gasteiger partial charge in [-0.2, -0.15) is 0 Å². The number of benzene rings is 2. The minimum absolute atomic E-state index is 0.231. The number of aromatic carboxylic acids is 2. The summed E-state index contributed by atoms with van der Waals surface area (Å²) in [6, 6.07) is 13.0. The number of hydrogen-bond donors (Lipinski definition) is 2. The third kappa shape index (κ3) is 7.70. The van der Waals surface area contributed by atoms with E-state index < -0.39 is 11.9 Å². The molecule has 0 unspecified atom stereocenters. The predicted octanol–water partition coefficient (Wildman–Crippen LogP) is 4.88. The molecule has 0 fully saturated rings. The van der Waals surface area contributed by atoms with E-state index in [4.69, 9.17) is 19.7 Å². The second-order valence-corrected chi connectivity index (χ2v) is 6.48. The third-order valence-electron chi connectivity index (χ3n) is 4.24. The van der Waals surface area contributed by atoms with Gasteiger partial charge >= 0.3 is 11.9 Å². The van der Waals surface area contributed by atoms with E-state index in [1.807, 2.05) is 0 Å². The molecule has 0 saturated carbocycles. The van der Waals surface area contributed by atoms with Crippen molar-refractivity contribution in [2.24, 2.45) is 0 Å². The van der Waals surface area contributed by atoms with E-state index in [1.165, 1.54) is 12.1 Å². The molecule has 0 radical (unpaired) electrons. The van der Waals surface area contributed by atoms with Crippen molar-refractivity contribution in [1.29, 1.82) is 0 Å². The molecule has 0 saturated heterocycles. The van der Waals surface area contributed by atoms with Gasteiger partial charge in [0.1, 0.15) is 11.5 Å². The summed E-state index contributed by atoms with van der Waals surface area (Å²) in [5.41, 5.74) is 0.462. The summed E-state index contributed by atoms with van der Waals surface area (Å²) >= 11 is 0. The number of carbonyl (C=O) groups is 2. The van der Waals surface area contributed by atoms with Gasteiger partial charge in [-0.3, -0.25) is 0 Å². The first-order valence-electron chi connectivity index (χ1n) is 9.48. The number of unbranched alkanes of at least 4 members (excludes halogenated alkanes) is 5. The lowest BCUT2D eigenvalue weighted by atomic mass is 10.1. The van der Waals surface area contributed by atoms with Gasteiger partial charge in [-0.05, 0) is 49.2 Å². The van der Waals surface area contributed by atoms with E-state index in [2.05, 4.69) is 0 Å². The summed E-state index contributed by atoms with van der Waals surface area (Å²) in [4.78, 5) is 21.8. The first kappa shape index (κ1) is 21.3. The molecule has 0 atom stereocenters. The van der Waals surface area contributed by atoms with Gasteiger partial charge in [0, 0.05) is 0 Å². The highest BCUT2D eigenvalue weighted by atomic mass is 16.5. The molecule has 6 heteroatoms. The average molecular weight is 386 g/mol. The standard InChI is InChI=1S/C22H26O6/c23-21(24)17-9-7-11-19(15-17)27-13-5-3-1-2-4-6-14-28-20-12-8-10-18(16-20)22(25)26/h7-12,15-16H,1-6,13-14H2,(H,23,24)(H,25,26). The predicted molar refractivity (Wildman–Crippen MR) is 105 cm³/mol. The fraction of sp³-hybridized carbons (Fsp3) is 0.364. The second-order valence-electron chi connectivity index (χ2n) is 6.48. The first-order chi connectivity index (χ1) is 13.6. The molecule has 0 aromatic heterocycles. The van der Waals surface area contributed by atoms with Crippen LogP contribution in [0.2, 0.25) is 0 Å². The van der Waals surface area contributed by atoms with E-state index in [0.717, 1.165) is 38.5 Å². The fourth-order valence-electron chi connectivity index (χ4n) is 2.73. The normalized spacial score (nSPS) is 10.4. The van der Waals surface area contributed by atoms with Gasteiger partial charge in [-0.25, -0.2) is 9.59 Å². The molecule has 0 aliphatic rings. The Labute approximate surface area is 164 Å². The maximum Gasteiger partial charge on any atom is 0.335 e. The van der Waals surface area contributed by atoms with Crippen molar-refractivity contribution in [3.05, 3.63) is 59.7 Å². The molecule has 2 aromatic carbocycles. The van der Waals surface area contributed by atoms with E-state index in [0.29, 0.717) is 24.7 Å². The minimum atomic E-state index is -0.955. The zero-order valence-electron chi connectivity index (χ0n) is 15.8. The lowest BCUT2D eigenvalue weighted by molar-refractivity contribution is 0.0685. The van der Waals surface area contributed by atoms with Crippen molar-refractivity contribution in [2.45, 2.75) is 38.5 Å². The van der Waals surface area contributed by atoms with Crippen molar-refractivity contribution in [3.8, 4) is 11.5 Å². The van der Waals surface area contributed by atoms with Gasteiger partial charge < -0.3 is 19.7 Å². The molecule has 150 valence electrons. The Morgan fingerprint density at radius 2 is 1.04 bits per heavy atom. The molecule has 0 bridgehead atoms. The van der Waals surface area contributed by atoms with Gasteiger partial charge in [-0.15, -0.1) is 0 Å². The van der Waals surface area contributed by atoms with Crippen LogP contribution in [0.1, 0.15) is 59.2 Å². The van der Waals surface area contributed by atoms with Crippen LogP contribution in [-0.2, 0) is 0 Å². The lowest BCUT2D eigenvalue weighted by Gasteiger charge is -2.08. The topological polar surface area (TPSA) is 93.1 Å². The summed E-state index contributed by atoms with van der Waals surface area (Å²) < 4.78 is 11.2. The smallest absolute Gasteiger partial charge is 0.335 e. The Hall–Kier alpha value is -3.02. The van der Waals surface area contributed by atoms with Gasteiger partial charge in [0.2, 0.25) is 0 Å². The Morgan fingerprint density at radius 3 is 1.43 bits per heavy atom. The van der Waals surface area contributed by atoms with Crippen molar-refractivity contribution < 1.29 is 29.3 Å². The zero-order valence-corrected chi connectivity index (χ0v) is 15.8. The zero-order chi connectivity index (χ0) is 20.2. The number of carboxylic acids is 2. The SMILES string of the molecule is O=C(O)c1cccc(OCCCCCCCCOc2cccc(C(=O)O)c2)c1. The van der Waals surface area contributed by atoms with Crippen molar-refractivity contribution in [1.82, 2.24) is 0 Å². The molecule has 2 aromatic rings. The van der Waals surface area contributed by atoms with Crippen LogP contribution in [0.25, 0.3) is 0 Å². The molecule has 6 nitrogen and oxygen atoms in total. The molecule has 2 rings (SSSR count). The molecule has 28 heavy (non-hydrogen) atoms. The fourth-order valence-corrected chi connectivity index (χ4v) is 2.73.